The third kappa shape index (κ3) is 27.5. The minimum atomic E-state index is 0. The minimum absolute atomic E-state index is 0. The van der Waals surface area contributed by atoms with Crippen molar-refractivity contribution in [2.24, 2.45) is 0 Å². The molecule has 0 fully saturated rings. The molecule has 0 aromatic rings. The Morgan fingerprint density at radius 2 is 0.870 bits per heavy atom. The second-order valence-corrected chi connectivity index (χ2v) is 7.52. The molecule has 0 bridgehead atoms. The first-order valence-corrected chi connectivity index (χ1v) is 9.63. The molecule has 144 valence electrons. The van der Waals surface area contributed by atoms with Crippen molar-refractivity contribution in [3.63, 3.8) is 0 Å². The predicted molar refractivity (Wildman–Crippen MR) is 100.0 cm³/mol. The zero-order valence-corrected chi connectivity index (χ0v) is 18.0. The summed E-state index contributed by atoms with van der Waals surface area (Å²) in [6.45, 7) is 3.45. The van der Waals surface area contributed by atoms with E-state index in [1.807, 2.05) is 0 Å². The number of nitrogens with zero attached hydrogens (tertiary/aromatic N) is 1. The Morgan fingerprint density at radius 1 is 0.565 bits per heavy atom. The van der Waals surface area contributed by atoms with Crippen LogP contribution in [-0.2, 0) is 0 Å². The van der Waals surface area contributed by atoms with Crippen LogP contribution in [0.1, 0.15) is 96.8 Å². The average Bonchev–Trinajstić information content (AvgIpc) is 2.42. The number of hydrogen-bond acceptors (Lipinski definition) is 1. The van der Waals surface area contributed by atoms with Crippen molar-refractivity contribution in [1.29, 1.82) is 0 Å². The van der Waals surface area contributed by atoms with Gasteiger partial charge in [-0.3, -0.25) is 4.59 Å². The Bertz CT molecular complexity index is 208. The van der Waals surface area contributed by atoms with E-state index >= 15 is 0 Å². The number of quaternary nitrogens is 1. The molecule has 0 aliphatic rings. The van der Waals surface area contributed by atoms with Crippen LogP contribution in [0, 0.1) is 0 Å². The highest BCUT2D eigenvalue weighted by molar-refractivity contribution is 4.49. The highest BCUT2D eigenvalue weighted by Gasteiger charge is 2.03. The molecule has 3 N–H and O–H groups in total. The number of halogens is 1. The van der Waals surface area contributed by atoms with Crippen molar-refractivity contribution < 1.29 is 27.0 Å². The number of hydrogen-bond donors (Lipinski definition) is 1. The highest BCUT2D eigenvalue weighted by Crippen LogP contribution is 2.12. The van der Waals surface area contributed by atoms with Crippen LogP contribution in [0.3, 0.4) is 0 Å². The lowest BCUT2D eigenvalue weighted by Crippen LogP contribution is -3.00. The maximum Gasteiger partial charge on any atom is 0.0853 e. The normalized spacial score (nSPS) is 11.0. The Kier molecular flexibility index (Phi) is 25.0. The lowest BCUT2D eigenvalue weighted by Gasteiger charge is -2.23. The van der Waals surface area contributed by atoms with Gasteiger partial charge in [-0.15, -0.1) is 0 Å². The van der Waals surface area contributed by atoms with E-state index in [1.165, 1.54) is 89.9 Å². The third-order valence-corrected chi connectivity index (χ3v) is 4.12. The third-order valence-electron chi connectivity index (χ3n) is 4.12. The van der Waals surface area contributed by atoms with Gasteiger partial charge >= 0.3 is 0 Å². The van der Waals surface area contributed by atoms with Crippen molar-refractivity contribution in [1.82, 2.24) is 5.43 Å². The molecule has 23 heavy (non-hydrogen) atoms. The van der Waals surface area contributed by atoms with Crippen LogP contribution in [-0.4, -0.2) is 37.8 Å². The summed E-state index contributed by atoms with van der Waals surface area (Å²) in [6, 6.07) is 0. The Labute approximate surface area is 157 Å². The van der Waals surface area contributed by atoms with Gasteiger partial charge in [-0.1, -0.05) is 90.4 Å². The van der Waals surface area contributed by atoms with E-state index in [1.54, 1.807) is 0 Å². The zero-order valence-electron chi connectivity index (χ0n) is 16.4. The molecule has 0 atom stereocenters. The summed E-state index contributed by atoms with van der Waals surface area (Å²) in [4.78, 5) is 0. The summed E-state index contributed by atoms with van der Waals surface area (Å²) in [6.07, 6.45) is 20.1. The molecule has 0 unspecified atom stereocenters. The SMILES string of the molecule is CCCCCCCCCCCCCCCCN[N+](C)(C)C.O.[Br-]. The molecule has 0 aliphatic heterocycles. The van der Waals surface area contributed by atoms with Crippen LogP contribution in [0.5, 0.6) is 0 Å². The first-order valence-electron chi connectivity index (χ1n) is 9.63. The summed E-state index contributed by atoms with van der Waals surface area (Å²) >= 11 is 0. The van der Waals surface area contributed by atoms with Gasteiger partial charge in [-0.05, 0) is 6.42 Å². The van der Waals surface area contributed by atoms with Gasteiger partial charge in [0, 0.05) is 6.54 Å². The van der Waals surface area contributed by atoms with Crippen LogP contribution in [0.2, 0.25) is 0 Å². The van der Waals surface area contributed by atoms with E-state index < -0.39 is 0 Å². The van der Waals surface area contributed by atoms with Crippen molar-refractivity contribution in [2.45, 2.75) is 96.8 Å². The van der Waals surface area contributed by atoms with E-state index in [4.69, 9.17) is 0 Å². The van der Waals surface area contributed by atoms with Gasteiger partial charge in [-0.2, -0.15) is 5.43 Å². The van der Waals surface area contributed by atoms with Gasteiger partial charge in [-0.25, -0.2) is 0 Å². The van der Waals surface area contributed by atoms with Gasteiger partial charge < -0.3 is 22.5 Å². The lowest BCUT2D eigenvalue weighted by molar-refractivity contribution is -0.915. The minimum Gasteiger partial charge on any atom is -1.00 e. The van der Waals surface area contributed by atoms with Crippen LogP contribution in [0.15, 0.2) is 0 Å². The van der Waals surface area contributed by atoms with Crippen LogP contribution in [0.25, 0.3) is 0 Å². The predicted octanol–water partition coefficient (Wildman–Crippen LogP) is 1.86. The fourth-order valence-electron chi connectivity index (χ4n) is 2.73. The lowest BCUT2D eigenvalue weighted by atomic mass is 10.0. The topological polar surface area (TPSA) is 43.5 Å². The molecule has 4 heteroatoms. The van der Waals surface area contributed by atoms with Gasteiger partial charge in [0.25, 0.3) is 0 Å². The average molecular weight is 397 g/mol. The summed E-state index contributed by atoms with van der Waals surface area (Å²) < 4.78 is 0.873. The van der Waals surface area contributed by atoms with E-state index in [0.717, 1.165) is 11.1 Å². The Hall–Kier alpha value is 0.360. The van der Waals surface area contributed by atoms with Gasteiger partial charge in [0.15, 0.2) is 0 Å². The van der Waals surface area contributed by atoms with Crippen molar-refractivity contribution in [3.8, 4) is 0 Å². The van der Waals surface area contributed by atoms with Crippen LogP contribution in [0.4, 0.5) is 0 Å². The number of nitrogens with one attached hydrogen (secondary N) is 1. The Balaban J connectivity index is -0.00000200. The summed E-state index contributed by atoms with van der Waals surface area (Å²) in [5.74, 6) is 0. The van der Waals surface area contributed by atoms with Crippen LogP contribution >= 0.6 is 0 Å². The molecule has 3 nitrogen and oxygen atoms in total. The van der Waals surface area contributed by atoms with E-state index in [0.29, 0.717) is 0 Å². The largest absolute Gasteiger partial charge is 1.00 e. The molecular formula is C19H45BrN2O. The summed E-state index contributed by atoms with van der Waals surface area (Å²) in [5, 5.41) is 0. The fourth-order valence-corrected chi connectivity index (χ4v) is 2.73. The van der Waals surface area contributed by atoms with Crippen molar-refractivity contribution in [2.75, 3.05) is 27.7 Å². The summed E-state index contributed by atoms with van der Waals surface area (Å²) in [5.41, 5.74) is 3.50. The molecule has 0 aliphatic carbocycles. The van der Waals surface area contributed by atoms with E-state index in [-0.39, 0.29) is 22.5 Å². The molecule has 0 saturated carbocycles. The van der Waals surface area contributed by atoms with Gasteiger partial charge in [0.05, 0.1) is 21.1 Å². The summed E-state index contributed by atoms with van der Waals surface area (Å²) in [7, 11) is 6.55. The maximum absolute atomic E-state index is 3.50. The highest BCUT2D eigenvalue weighted by atomic mass is 79.9. The van der Waals surface area contributed by atoms with Gasteiger partial charge in [0.1, 0.15) is 0 Å². The molecule has 0 radical (unpaired) electrons. The number of rotatable bonds is 16. The molecule has 0 spiro atoms. The molecule has 0 aromatic carbocycles. The molecule has 0 aromatic heterocycles. The quantitative estimate of drug-likeness (QED) is 0.241. The first-order chi connectivity index (χ1) is 10.1. The fraction of sp³-hybridized carbons (Fsp3) is 1.00. The molecule has 0 saturated heterocycles. The van der Waals surface area contributed by atoms with E-state index in [2.05, 4.69) is 33.5 Å². The first kappa shape index (κ1) is 28.2. The molecule has 0 rings (SSSR count). The second kappa shape index (κ2) is 20.4. The standard InChI is InChI=1S/C19H43N2.BrH.H2O/c1-5-6-7-8-9-10-11-12-13-14-15-16-17-18-19-20-21(2,3)4;;/h20H,5-19H2,1-4H3;1H;1H2/q+1;;/p-1. The number of unbranched alkanes of at least 4 members (excludes halogenated alkanes) is 13. The molecule has 0 amide bonds. The smallest absolute Gasteiger partial charge is 0.0853 e. The van der Waals surface area contributed by atoms with Crippen molar-refractivity contribution >= 4 is 0 Å². The molecular weight excluding hydrogens is 352 g/mol. The molecule has 0 heterocycles. The van der Waals surface area contributed by atoms with Gasteiger partial charge in [0.2, 0.25) is 0 Å². The van der Waals surface area contributed by atoms with Crippen LogP contribution < -0.4 is 22.4 Å². The van der Waals surface area contributed by atoms with E-state index in [9.17, 15) is 0 Å². The monoisotopic (exact) mass is 396 g/mol. The maximum atomic E-state index is 3.50. The second-order valence-electron chi connectivity index (χ2n) is 7.52. The van der Waals surface area contributed by atoms with Crippen molar-refractivity contribution in [3.05, 3.63) is 0 Å². The zero-order chi connectivity index (χ0) is 15.8. The Morgan fingerprint density at radius 3 is 1.17 bits per heavy atom.